The number of H-pyrrole nitrogens is 1. The van der Waals surface area contributed by atoms with E-state index >= 15 is 0 Å². The molecule has 3 rings (SSSR count). The number of aromatic nitrogens is 4. The third kappa shape index (κ3) is 5.08. The summed E-state index contributed by atoms with van der Waals surface area (Å²) in [6, 6.07) is 3.21. The number of alkyl halides is 3. The van der Waals surface area contributed by atoms with E-state index in [1.807, 2.05) is 0 Å². The van der Waals surface area contributed by atoms with Crippen molar-refractivity contribution in [2.24, 2.45) is 0 Å². The first-order chi connectivity index (χ1) is 12.7. The van der Waals surface area contributed by atoms with Crippen LogP contribution in [0.5, 0.6) is 0 Å². The van der Waals surface area contributed by atoms with E-state index < -0.39 is 12.7 Å². The van der Waals surface area contributed by atoms with Gasteiger partial charge in [0.05, 0.1) is 11.6 Å². The highest BCUT2D eigenvalue weighted by Crippen LogP contribution is 2.27. The maximum absolute atomic E-state index is 12.4. The Kier molecular flexibility index (Phi) is 5.52. The van der Waals surface area contributed by atoms with E-state index in [0.29, 0.717) is 22.3 Å². The summed E-state index contributed by atoms with van der Waals surface area (Å²) in [6.45, 7) is 1.05. The molecule has 0 radical (unpaired) electrons. The predicted molar refractivity (Wildman–Crippen MR) is 98.8 cm³/mol. The Labute approximate surface area is 158 Å². The maximum Gasteiger partial charge on any atom is 0.401 e. The molecule has 0 spiro atoms. The first kappa shape index (κ1) is 19.4. The van der Waals surface area contributed by atoms with Crippen LogP contribution in [0.2, 0.25) is 5.02 Å². The lowest BCUT2D eigenvalue weighted by atomic mass is 10.2. The van der Waals surface area contributed by atoms with E-state index in [9.17, 15) is 13.2 Å². The summed E-state index contributed by atoms with van der Waals surface area (Å²) in [4.78, 5) is 17.2. The highest BCUT2D eigenvalue weighted by atomic mass is 35.5. The lowest BCUT2D eigenvalue weighted by Crippen LogP contribution is -2.38. The summed E-state index contributed by atoms with van der Waals surface area (Å²) >= 11 is 6.02. The molecule has 1 atom stereocenters. The number of nitrogens with zero attached hydrogens (tertiary/aromatic N) is 4. The maximum atomic E-state index is 12.4. The van der Waals surface area contributed by atoms with E-state index in [2.05, 4.69) is 25.3 Å². The molecule has 3 aromatic rings. The fourth-order valence-corrected chi connectivity index (χ4v) is 3.03. The molecule has 0 aliphatic rings. The number of anilines is 1. The molecule has 0 bridgehead atoms. The molecule has 0 amide bonds. The molecule has 27 heavy (non-hydrogen) atoms. The Bertz CT molecular complexity index is 926. The zero-order chi connectivity index (χ0) is 19.6. The van der Waals surface area contributed by atoms with Gasteiger partial charge in [-0.05, 0) is 26.1 Å². The average molecular weight is 399 g/mol. The van der Waals surface area contributed by atoms with Crippen LogP contribution >= 0.6 is 11.6 Å². The normalized spacial score (nSPS) is 13.3. The zero-order valence-corrected chi connectivity index (χ0v) is 15.4. The molecule has 0 saturated carbocycles. The van der Waals surface area contributed by atoms with E-state index in [0.717, 1.165) is 10.9 Å². The van der Waals surface area contributed by atoms with Gasteiger partial charge in [0.2, 0.25) is 0 Å². The zero-order valence-electron chi connectivity index (χ0n) is 14.7. The van der Waals surface area contributed by atoms with E-state index in [4.69, 9.17) is 11.6 Å². The molecule has 144 valence electrons. The van der Waals surface area contributed by atoms with Crippen molar-refractivity contribution in [3.05, 3.63) is 35.7 Å². The molecule has 2 N–H and O–H groups in total. The van der Waals surface area contributed by atoms with Gasteiger partial charge in [0.1, 0.15) is 11.5 Å². The molecule has 0 aliphatic heterocycles. The van der Waals surface area contributed by atoms with Crippen molar-refractivity contribution in [2.75, 3.05) is 25.5 Å². The van der Waals surface area contributed by atoms with Gasteiger partial charge in [-0.3, -0.25) is 4.90 Å². The van der Waals surface area contributed by atoms with E-state index in [1.165, 1.54) is 11.9 Å². The van der Waals surface area contributed by atoms with Gasteiger partial charge in [0.25, 0.3) is 0 Å². The lowest BCUT2D eigenvalue weighted by molar-refractivity contribution is -0.143. The minimum Gasteiger partial charge on any atom is -0.366 e. The summed E-state index contributed by atoms with van der Waals surface area (Å²) in [7, 11) is 1.43. The molecule has 6 nitrogen and oxygen atoms in total. The van der Waals surface area contributed by atoms with E-state index in [-0.39, 0.29) is 12.6 Å². The van der Waals surface area contributed by atoms with Gasteiger partial charge in [0.15, 0.2) is 5.82 Å². The second kappa shape index (κ2) is 7.69. The molecule has 3 aromatic heterocycles. The summed E-state index contributed by atoms with van der Waals surface area (Å²) in [5.74, 6) is 0.989. The van der Waals surface area contributed by atoms with Crippen molar-refractivity contribution in [2.45, 2.75) is 19.1 Å². The number of fused-ring (bicyclic) bond motifs is 1. The highest BCUT2D eigenvalue weighted by molar-refractivity contribution is 6.31. The monoisotopic (exact) mass is 398 g/mol. The van der Waals surface area contributed by atoms with Crippen molar-refractivity contribution in [1.82, 2.24) is 24.8 Å². The van der Waals surface area contributed by atoms with Gasteiger partial charge in [-0.1, -0.05) is 11.6 Å². The van der Waals surface area contributed by atoms with Crippen LogP contribution in [0.1, 0.15) is 6.92 Å². The fourth-order valence-electron chi connectivity index (χ4n) is 2.87. The number of aromatic amines is 1. The minimum atomic E-state index is -4.22. The van der Waals surface area contributed by atoms with Crippen LogP contribution in [0.15, 0.2) is 30.7 Å². The summed E-state index contributed by atoms with van der Waals surface area (Å²) in [6.07, 6.45) is 0.657. The van der Waals surface area contributed by atoms with Crippen molar-refractivity contribution in [3.63, 3.8) is 0 Å². The summed E-state index contributed by atoms with van der Waals surface area (Å²) in [5, 5.41) is 4.40. The number of likely N-dealkylation sites (N-methyl/N-ethyl adjacent to an activating group) is 1. The Morgan fingerprint density at radius 3 is 2.85 bits per heavy atom. The van der Waals surface area contributed by atoms with Gasteiger partial charge < -0.3 is 10.3 Å². The third-order valence-corrected chi connectivity index (χ3v) is 4.03. The van der Waals surface area contributed by atoms with Gasteiger partial charge in [-0.15, -0.1) is 0 Å². The van der Waals surface area contributed by atoms with Crippen LogP contribution in [-0.2, 0) is 0 Å². The number of nitrogens with one attached hydrogen (secondary N) is 2. The van der Waals surface area contributed by atoms with Crippen LogP contribution in [0.4, 0.5) is 19.0 Å². The average Bonchev–Trinajstić information content (AvgIpc) is 2.96. The molecule has 0 aliphatic carbocycles. The van der Waals surface area contributed by atoms with Crippen molar-refractivity contribution in [3.8, 4) is 11.4 Å². The number of halogens is 4. The van der Waals surface area contributed by atoms with E-state index in [1.54, 1.807) is 37.6 Å². The molecule has 0 aromatic carbocycles. The SMILES string of the molecule is C[C@H](CN(C)CC(F)(F)F)Nc1ccnc(-c2c[nH]c3ncc(Cl)cc23)n1. The first-order valence-corrected chi connectivity index (χ1v) is 8.57. The van der Waals surface area contributed by atoms with Gasteiger partial charge in [-0.2, -0.15) is 13.2 Å². The number of pyridine rings is 1. The number of hydrogen-bond acceptors (Lipinski definition) is 5. The summed E-state index contributed by atoms with van der Waals surface area (Å²) in [5.41, 5.74) is 1.41. The molecular weight excluding hydrogens is 381 g/mol. The third-order valence-electron chi connectivity index (χ3n) is 3.82. The smallest absolute Gasteiger partial charge is 0.366 e. The molecule has 0 saturated heterocycles. The van der Waals surface area contributed by atoms with Crippen molar-refractivity contribution in [1.29, 1.82) is 0 Å². The second-order valence-corrected chi connectivity index (χ2v) is 6.81. The van der Waals surface area contributed by atoms with Crippen molar-refractivity contribution < 1.29 is 13.2 Å². The Morgan fingerprint density at radius 2 is 2.11 bits per heavy atom. The quantitative estimate of drug-likeness (QED) is 0.657. The van der Waals surface area contributed by atoms with Gasteiger partial charge in [-0.25, -0.2) is 15.0 Å². The van der Waals surface area contributed by atoms with Crippen LogP contribution < -0.4 is 5.32 Å². The van der Waals surface area contributed by atoms with Crippen molar-refractivity contribution >= 4 is 28.5 Å². The lowest BCUT2D eigenvalue weighted by Gasteiger charge is -2.23. The standard InChI is InChI=1S/C17H18ClF3N6/c1-10(8-27(2)9-17(19,20)21)25-14-3-4-22-16(26-14)13-7-24-15-12(13)5-11(18)6-23-15/h3-7,10H,8-9H2,1-2H3,(H,23,24)(H,22,25,26)/t10-/m1/s1. The highest BCUT2D eigenvalue weighted by Gasteiger charge is 2.29. The van der Waals surface area contributed by atoms with Crippen LogP contribution in [-0.4, -0.2) is 57.2 Å². The van der Waals surface area contributed by atoms with Crippen LogP contribution in [0.3, 0.4) is 0 Å². The number of hydrogen-bond donors (Lipinski definition) is 2. The Balaban J connectivity index is 1.74. The minimum absolute atomic E-state index is 0.214. The number of rotatable bonds is 6. The Morgan fingerprint density at radius 1 is 1.33 bits per heavy atom. The molecular formula is C17H18ClF3N6. The second-order valence-electron chi connectivity index (χ2n) is 6.37. The first-order valence-electron chi connectivity index (χ1n) is 8.19. The molecule has 3 heterocycles. The van der Waals surface area contributed by atoms with Gasteiger partial charge in [0, 0.05) is 42.1 Å². The fraction of sp³-hybridized carbons (Fsp3) is 0.353. The topological polar surface area (TPSA) is 69.7 Å². The van der Waals surface area contributed by atoms with Crippen LogP contribution in [0.25, 0.3) is 22.4 Å². The molecule has 0 fully saturated rings. The Hall–Kier alpha value is -2.39. The summed E-state index contributed by atoms with van der Waals surface area (Å²) < 4.78 is 37.3. The van der Waals surface area contributed by atoms with Crippen LogP contribution in [0, 0.1) is 0 Å². The molecule has 10 heteroatoms. The van der Waals surface area contributed by atoms with Gasteiger partial charge >= 0.3 is 6.18 Å². The largest absolute Gasteiger partial charge is 0.401 e. The molecule has 0 unspecified atom stereocenters. The predicted octanol–water partition coefficient (Wildman–Crippen LogP) is 3.97.